The van der Waals surface area contributed by atoms with Crippen LogP contribution in [0.3, 0.4) is 0 Å². The maximum atomic E-state index is 12.3. The van der Waals surface area contributed by atoms with Crippen molar-refractivity contribution in [3.05, 3.63) is 71.8 Å². The van der Waals surface area contributed by atoms with Crippen LogP contribution in [0.5, 0.6) is 0 Å². The van der Waals surface area contributed by atoms with Gasteiger partial charge in [-0.25, -0.2) is 4.68 Å². The SMILES string of the molecule is Cc1ccccc1-n1cc(C(=O)Nc2cnccc2CO)cn1. The van der Waals surface area contributed by atoms with E-state index in [4.69, 9.17) is 0 Å². The van der Waals surface area contributed by atoms with Crippen LogP contribution >= 0.6 is 0 Å². The van der Waals surface area contributed by atoms with Crippen molar-refractivity contribution in [2.75, 3.05) is 5.32 Å². The second-order valence-electron chi connectivity index (χ2n) is 5.11. The topological polar surface area (TPSA) is 80.0 Å². The van der Waals surface area contributed by atoms with Crippen LogP contribution in [0.15, 0.2) is 55.1 Å². The fourth-order valence-electron chi connectivity index (χ4n) is 2.26. The van der Waals surface area contributed by atoms with Gasteiger partial charge < -0.3 is 10.4 Å². The lowest BCUT2D eigenvalue weighted by Gasteiger charge is -2.07. The molecule has 2 aromatic heterocycles. The molecule has 0 bridgehead atoms. The van der Waals surface area contributed by atoms with E-state index in [-0.39, 0.29) is 12.5 Å². The van der Waals surface area contributed by atoms with Crippen molar-refractivity contribution in [2.45, 2.75) is 13.5 Å². The van der Waals surface area contributed by atoms with Crippen molar-refractivity contribution < 1.29 is 9.90 Å². The van der Waals surface area contributed by atoms with Gasteiger partial charge in [0.15, 0.2) is 0 Å². The van der Waals surface area contributed by atoms with Gasteiger partial charge in [-0.1, -0.05) is 18.2 Å². The van der Waals surface area contributed by atoms with Gasteiger partial charge in [0.2, 0.25) is 0 Å². The number of carbonyl (C=O) groups is 1. The molecule has 0 aliphatic heterocycles. The van der Waals surface area contributed by atoms with Crippen LogP contribution in [0.25, 0.3) is 5.69 Å². The average molecular weight is 308 g/mol. The molecule has 2 N–H and O–H groups in total. The lowest BCUT2D eigenvalue weighted by Crippen LogP contribution is -2.13. The monoisotopic (exact) mass is 308 g/mol. The van der Waals surface area contributed by atoms with Crippen molar-refractivity contribution in [3.8, 4) is 5.69 Å². The molecule has 0 spiro atoms. The Hall–Kier alpha value is -2.99. The van der Waals surface area contributed by atoms with Crippen molar-refractivity contribution in [2.24, 2.45) is 0 Å². The molecule has 6 heteroatoms. The number of pyridine rings is 1. The lowest BCUT2D eigenvalue weighted by atomic mass is 10.2. The molecule has 0 radical (unpaired) electrons. The quantitative estimate of drug-likeness (QED) is 0.775. The summed E-state index contributed by atoms with van der Waals surface area (Å²) in [6, 6.07) is 9.46. The molecule has 6 nitrogen and oxygen atoms in total. The summed E-state index contributed by atoms with van der Waals surface area (Å²) in [6.45, 7) is 1.82. The van der Waals surface area contributed by atoms with Crippen LogP contribution in [-0.4, -0.2) is 25.8 Å². The number of para-hydroxylation sites is 1. The van der Waals surface area contributed by atoms with E-state index < -0.39 is 0 Å². The van der Waals surface area contributed by atoms with Gasteiger partial charge in [0.25, 0.3) is 5.91 Å². The number of aromatic nitrogens is 3. The predicted molar refractivity (Wildman–Crippen MR) is 86.4 cm³/mol. The Balaban J connectivity index is 1.83. The van der Waals surface area contributed by atoms with Gasteiger partial charge in [0, 0.05) is 18.0 Å². The maximum Gasteiger partial charge on any atom is 0.258 e. The number of nitrogens with one attached hydrogen (secondary N) is 1. The smallest absolute Gasteiger partial charge is 0.258 e. The Morgan fingerprint density at radius 3 is 2.87 bits per heavy atom. The number of benzene rings is 1. The second-order valence-corrected chi connectivity index (χ2v) is 5.11. The molecular formula is C17H16N4O2. The van der Waals surface area contributed by atoms with Gasteiger partial charge >= 0.3 is 0 Å². The van der Waals surface area contributed by atoms with Crippen LogP contribution in [0.1, 0.15) is 21.5 Å². The molecule has 23 heavy (non-hydrogen) atoms. The van der Waals surface area contributed by atoms with Gasteiger partial charge in [-0.15, -0.1) is 0 Å². The Morgan fingerprint density at radius 2 is 2.09 bits per heavy atom. The Kier molecular flexibility index (Phi) is 4.16. The molecule has 0 saturated carbocycles. The van der Waals surface area contributed by atoms with Crippen LogP contribution in [0.2, 0.25) is 0 Å². The number of hydrogen-bond acceptors (Lipinski definition) is 4. The number of aliphatic hydroxyl groups excluding tert-OH is 1. The molecule has 0 aliphatic rings. The standard InChI is InChI=1S/C17H16N4O2/c1-12-4-2-3-5-16(12)21-10-14(8-19-21)17(23)20-15-9-18-7-6-13(15)11-22/h2-10,22H,11H2,1H3,(H,20,23). The molecule has 1 aromatic carbocycles. The van der Waals surface area contributed by atoms with Crippen molar-refractivity contribution in [1.29, 1.82) is 0 Å². The molecular weight excluding hydrogens is 292 g/mol. The highest BCUT2D eigenvalue weighted by Crippen LogP contribution is 2.16. The third kappa shape index (κ3) is 3.12. The molecule has 0 atom stereocenters. The third-order valence-electron chi connectivity index (χ3n) is 3.54. The number of aliphatic hydroxyl groups is 1. The van der Waals surface area contributed by atoms with E-state index in [9.17, 15) is 9.90 Å². The van der Waals surface area contributed by atoms with Gasteiger partial charge in [-0.2, -0.15) is 5.10 Å². The van der Waals surface area contributed by atoms with Crippen LogP contribution < -0.4 is 5.32 Å². The number of rotatable bonds is 4. The molecule has 116 valence electrons. The summed E-state index contributed by atoms with van der Waals surface area (Å²) in [5, 5.41) is 16.3. The molecule has 0 saturated heterocycles. The largest absolute Gasteiger partial charge is 0.392 e. The first-order valence-electron chi connectivity index (χ1n) is 7.15. The van der Waals surface area contributed by atoms with Crippen molar-refractivity contribution in [3.63, 3.8) is 0 Å². The average Bonchev–Trinajstić information content (AvgIpc) is 3.05. The highest BCUT2D eigenvalue weighted by Gasteiger charge is 2.12. The molecule has 2 heterocycles. The zero-order valence-corrected chi connectivity index (χ0v) is 12.6. The Bertz CT molecular complexity index is 842. The van der Waals surface area contributed by atoms with E-state index in [0.29, 0.717) is 16.8 Å². The normalized spacial score (nSPS) is 10.5. The summed E-state index contributed by atoms with van der Waals surface area (Å²) in [5.41, 5.74) is 3.52. The summed E-state index contributed by atoms with van der Waals surface area (Å²) in [5.74, 6) is -0.299. The van der Waals surface area contributed by atoms with Gasteiger partial charge in [-0.05, 0) is 24.6 Å². The molecule has 0 aliphatic carbocycles. The van der Waals surface area contributed by atoms with E-state index >= 15 is 0 Å². The van der Waals surface area contributed by atoms with Crippen molar-refractivity contribution >= 4 is 11.6 Å². The second kappa shape index (κ2) is 6.41. The molecule has 0 fully saturated rings. The maximum absolute atomic E-state index is 12.3. The highest BCUT2D eigenvalue weighted by molar-refractivity contribution is 6.04. The first-order valence-corrected chi connectivity index (χ1v) is 7.15. The van der Waals surface area contributed by atoms with Crippen molar-refractivity contribution in [1.82, 2.24) is 14.8 Å². The Morgan fingerprint density at radius 1 is 1.26 bits per heavy atom. The molecule has 3 aromatic rings. The van der Waals surface area contributed by atoms with E-state index in [1.807, 2.05) is 31.2 Å². The predicted octanol–water partition coefficient (Wildman–Crippen LogP) is 2.32. The lowest BCUT2D eigenvalue weighted by molar-refractivity contribution is 0.102. The summed E-state index contributed by atoms with van der Waals surface area (Å²) >= 11 is 0. The third-order valence-corrected chi connectivity index (χ3v) is 3.54. The number of nitrogens with zero attached hydrogens (tertiary/aromatic N) is 3. The molecule has 1 amide bonds. The van der Waals surface area contributed by atoms with Gasteiger partial charge in [0.05, 0.1) is 35.9 Å². The first kappa shape index (κ1) is 14.9. The van der Waals surface area contributed by atoms with E-state index in [0.717, 1.165) is 11.3 Å². The zero-order chi connectivity index (χ0) is 16.2. The number of anilines is 1. The number of hydrogen-bond donors (Lipinski definition) is 2. The molecule has 0 unspecified atom stereocenters. The zero-order valence-electron chi connectivity index (χ0n) is 12.6. The fraction of sp³-hybridized carbons (Fsp3) is 0.118. The fourth-order valence-corrected chi connectivity index (χ4v) is 2.26. The summed E-state index contributed by atoms with van der Waals surface area (Å²) < 4.78 is 1.67. The van der Waals surface area contributed by atoms with E-state index in [1.165, 1.54) is 12.4 Å². The minimum atomic E-state index is -0.299. The minimum absolute atomic E-state index is 0.166. The summed E-state index contributed by atoms with van der Waals surface area (Å²) in [6.07, 6.45) is 6.26. The molecule has 3 rings (SSSR count). The number of carbonyl (C=O) groups excluding carboxylic acids is 1. The highest BCUT2D eigenvalue weighted by atomic mass is 16.3. The van der Waals surface area contributed by atoms with Gasteiger partial charge in [-0.3, -0.25) is 9.78 Å². The van der Waals surface area contributed by atoms with E-state index in [1.54, 1.807) is 23.1 Å². The minimum Gasteiger partial charge on any atom is -0.392 e. The van der Waals surface area contributed by atoms with Crippen LogP contribution in [-0.2, 0) is 6.61 Å². The van der Waals surface area contributed by atoms with E-state index in [2.05, 4.69) is 15.4 Å². The summed E-state index contributed by atoms with van der Waals surface area (Å²) in [4.78, 5) is 16.3. The van der Waals surface area contributed by atoms with Gasteiger partial charge in [0.1, 0.15) is 0 Å². The summed E-state index contributed by atoms with van der Waals surface area (Å²) in [7, 11) is 0. The number of aryl methyl sites for hydroxylation is 1. The number of amides is 1. The van der Waals surface area contributed by atoms with Crippen LogP contribution in [0.4, 0.5) is 5.69 Å². The van der Waals surface area contributed by atoms with Crippen LogP contribution in [0, 0.1) is 6.92 Å². The Labute approximate surface area is 133 Å². The first-order chi connectivity index (χ1) is 11.2.